The Kier molecular flexibility index (Phi) is 6.32. The Hall–Kier alpha value is -3.86. The Morgan fingerprint density at radius 1 is 1.13 bits per heavy atom. The monoisotopic (exact) mass is 430 g/mol. The Balaban J connectivity index is 1.77. The van der Waals surface area contributed by atoms with Crippen LogP contribution in [0.3, 0.4) is 0 Å². The van der Waals surface area contributed by atoms with Crippen LogP contribution in [-0.4, -0.2) is 42.6 Å². The molecule has 0 fully saturated rings. The number of methoxy groups -OCH3 is 3. The molecule has 3 rings (SSSR count). The number of thiazole rings is 1. The van der Waals surface area contributed by atoms with Crippen molar-refractivity contribution < 1.29 is 24.2 Å². The van der Waals surface area contributed by atoms with Crippen molar-refractivity contribution in [3.05, 3.63) is 51.4 Å². The van der Waals surface area contributed by atoms with Gasteiger partial charge in [-0.2, -0.15) is 5.10 Å². The second-order valence-electron chi connectivity index (χ2n) is 5.83. The average molecular weight is 430 g/mol. The number of hydrogen-bond donors (Lipinski definition) is 2. The van der Waals surface area contributed by atoms with Crippen LogP contribution in [0.15, 0.2) is 40.8 Å². The summed E-state index contributed by atoms with van der Waals surface area (Å²) in [6, 6.07) is 8.11. The molecule has 1 aromatic heterocycles. The van der Waals surface area contributed by atoms with E-state index in [0.717, 1.165) is 11.3 Å². The molecule has 0 spiro atoms. The van der Waals surface area contributed by atoms with Crippen molar-refractivity contribution in [3.8, 4) is 34.3 Å². The molecule has 0 atom stereocenters. The molecule has 0 bridgehead atoms. The molecule has 11 heteroatoms. The van der Waals surface area contributed by atoms with E-state index in [1.807, 2.05) is 17.5 Å². The molecule has 0 radical (unpaired) electrons. The van der Waals surface area contributed by atoms with E-state index in [4.69, 9.17) is 14.2 Å². The van der Waals surface area contributed by atoms with E-state index in [1.54, 1.807) is 20.3 Å². The molecule has 10 nitrogen and oxygen atoms in total. The number of benzene rings is 2. The molecule has 0 unspecified atom stereocenters. The van der Waals surface area contributed by atoms with E-state index in [1.165, 1.54) is 36.8 Å². The second-order valence-corrected chi connectivity index (χ2v) is 6.68. The van der Waals surface area contributed by atoms with Crippen LogP contribution >= 0.6 is 11.3 Å². The SMILES string of the molecule is COc1ccc(-c2csc(N/N=C\c3cc(OC)c(O)c([N+](=O)[O-])c3)n2)cc1OC. The van der Waals surface area contributed by atoms with Crippen molar-refractivity contribution in [2.24, 2.45) is 5.10 Å². The largest absolute Gasteiger partial charge is 0.500 e. The van der Waals surface area contributed by atoms with Crippen molar-refractivity contribution in [2.45, 2.75) is 0 Å². The summed E-state index contributed by atoms with van der Waals surface area (Å²) in [6.07, 6.45) is 1.37. The number of nitro benzene ring substituents is 1. The third-order valence-corrected chi connectivity index (χ3v) is 4.80. The maximum atomic E-state index is 11.1. The van der Waals surface area contributed by atoms with E-state index >= 15 is 0 Å². The standard InChI is InChI=1S/C19H18N4O6S/c1-27-15-5-4-12(8-16(15)28-2)13-10-30-19(21-13)22-20-9-11-6-14(23(25)26)18(24)17(7-11)29-3/h4-10,24H,1-3H3,(H,21,22)/b20-9-. The summed E-state index contributed by atoms with van der Waals surface area (Å²) in [5, 5.41) is 27.3. The summed E-state index contributed by atoms with van der Waals surface area (Å²) in [5.74, 6) is 0.666. The smallest absolute Gasteiger partial charge is 0.315 e. The number of ether oxygens (including phenoxy) is 3. The minimum absolute atomic E-state index is 0.0179. The van der Waals surface area contributed by atoms with E-state index in [9.17, 15) is 15.2 Å². The average Bonchev–Trinajstić information content (AvgIpc) is 3.22. The van der Waals surface area contributed by atoms with Gasteiger partial charge in [0.1, 0.15) is 0 Å². The molecule has 3 aromatic rings. The Morgan fingerprint density at radius 2 is 1.87 bits per heavy atom. The number of hydrogen-bond acceptors (Lipinski definition) is 10. The first-order chi connectivity index (χ1) is 14.5. The second kappa shape index (κ2) is 9.09. The zero-order chi connectivity index (χ0) is 21.7. The summed E-state index contributed by atoms with van der Waals surface area (Å²) in [5.41, 5.74) is 4.26. The lowest BCUT2D eigenvalue weighted by molar-refractivity contribution is -0.386. The van der Waals surface area contributed by atoms with Gasteiger partial charge in [-0.25, -0.2) is 4.98 Å². The third kappa shape index (κ3) is 4.41. The first kappa shape index (κ1) is 20.9. The minimum atomic E-state index is -0.696. The molecule has 0 saturated carbocycles. The summed E-state index contributed by atoms with van der Waals surface area (Å²) in [6.45, 7) is 0. The fraction of sp³-hybridized carbons (Fsp3) is 0.158. The van der Waals surface area contributed by atoms with Gasteiger partial charge in [-0.05, 0) is 24.3 Å². The zero-order valence-electron chi connectivity index (χ0n) is 16.3. The molecular weight excluding hydrogens is 412 g/mol. The molecule has 0 aliphatic rings. The molecule has 2 aromatic carbocycles. The summed E-state index contributed by atoms with van der Waals surface area (Å²) >= 11 is 1.34. The Morgan fingerprint density at radius 3 is 2.53 bits per heavy atom. The highest BCUT2D eigenvalue weighted by molar-refractivity contribution is 7.14. The van der Waals surface area contributed by atoms with Crippen molar-refractivity contribution >= 4 is 28.4 Å². The minimum Gasteiger partial charge on any atom is -0.500 e. The lowest BCUT2D eigenvalue weighted by Crippen LogP contribution is -1.96. The third-order valence-electron chi connectivity index (χ3n) is 4.05. The summed E-state index contributed by atoms with van der Waals surface area (Å²) in [4.78, 5) is 14.8. The number of nitrogens with one attached hydrogen (secondary N) is 1. The van der Waals surface area contributed by atoms with Gasteiger partial charge in [0.2, 0.25) is 10.9 Å². The molecule has 0 aliphatic heterocycles. The van der Waals surface area contributed by atoms with Gasteiger partial charge in [0, 0.05) is 22.6 Å². The lowest BCUT2D eigenvalue weighted by Gasteiger charge is -2.08. The lowest BCUT2D eigenvalue weighted by atomic mass is 10.1. The number of aromatic nitrogens is 1. The Bertz CT molecular complexity index is 1100. The molecule has 0 aliphatic carbocycles. The molecule has 30 heavy (non-hydrogen) atoms. The van der Waals surface area contributed by atoms with Gasteiger partial charge in [-0.3, -0.25) is 15.5 Å². The predicted molar refractivity (Wildman–Crippen MR) is 113 cm³/mol. The Labute approximate surface area is 175 Å². The molecular formula is C19H18N4O6S. The number of phenols is 1. The first-order valence-electron chi connectivity index (χ1n) is 8.49. The van der Waals surface area contributed by atoms with Crippen LogP contribution in [0.5, 0.6) is 23.0 Å². The molecule has 156 valence electrons. The number of phenolic OH excluding ortho intramolecular Hbond substituents is 1. The number of aromatic hydroxyl groups is 1. The van der Waals surface area contributed by atoms with Gasteiger partial charge in [0.15, 0.2) is 17.2 Å². The number of anilines is 1. The molecule has 1 heterocycles. The van der Waals surface area contributed by atoms with Gasteiger partial charge in [-0.15, -0.1) is 11.3 Å². The quantitative estimate of drug-likeness (QED) is 0.313. The van der Waals surface area contributed by atoms with Crippen LogP contribution in [0.1, 0.15) is 5.56 Å². The number of nitro groups is 1. The van der Waals surface area contributed by atoms with Gasteiger partial charge in [0.25, 0.3) is 0 Å². The topological polar surface area (TPSA) is 128 Å². The van der Waals surface area contributed by atoms with Crippen LogP contribution in [0, 0.1) is 10.1 Å². The van der Waals surface area contributed by atoms with E-state index < -0.39 is 16.4 Å². The number of nitrogens with zero attached hydrogens (tertiary/aromatic N) is 3. The zero-order valence-corrected chi connectivity index (χ0v) is 17.1. The maximum absolute atomic E-state index is 11.1. The van der Waals surface area contributed by atoms with Crippen molar-refractivity contribution in [2.75, 3.05) is 26.8 Å². The van der Waals surface area contributed by atoms with E-state index in [-0.39, 0.29) is 5.75 Å². The predicted octanol–water partition coefficient (Wildman–Crippen LogP) is 3.90. The summed E-state index contributed by atoms with van der Waals surface area (Å²) in [7, 11) is 4.44. The highest BCUT2D eigenvalue weighted by Gasteiger charge is 2.19. The van der Waals surface area contributed by atoms with E-state index in [2.05, 4.69) is 15.5 Å². The van der Waals surface area contributed by atoms with Crippen LogP contribution in [0.25, 0.3) is 11.3 Å². The molecule has 2 N–H and O–H groups in total. The maximum Gasteiger partial charge on any atom is 0.315 e. The highest BCUT2D eigenvalue weighted by Crippen LogP contribution is 2.36. The van der Waals surface area contributed by atoms with E-state index in [0.29, 0.717) is 22.2 Å². The van der Waals surface area contributed by atoms with Gasteiger partial charge in [-0.1, -0.05) is 0 Å². The highest BCUT2D eigenvalue weighted by atomic mass is 32.1. The first-order valence-corrected chi connectivity index (χ1v) is 9.37. The normalized spacial score (nSPS) is 10.8. The van der Waals surface area contributed by atoms with Gasteiger partial charge >= 0.3 is 5.69 Å². The van der Waals surface area contributed by atoms with Crippen LogP contribution < -0.4 is 19.6 Å². The number of rotatable bonds is 8. The van der Waals surface area contributed by atoms with Crippen LogP contribution in [0.2, 0.25) is 0 Å². The fourth-order valence-electron chi connectivity index (χ4n) is 2.60. The van der Waals surface area contributed by atoms with Crippen molar-refractivity contribution in [1.29, 1.82) is 0 Å². The summed E-state index contributed by atoms with van der Waals surface area (Å²) < 4.78 is 15.5. The van der Waals surface area contributed by atoms with Gasteiger partial charge in [0.05, 0.1) is 38.2 Å². The number of hydrazone groups is 1. The van der Waals surface area contributed by atoms with Crippen molar-refractivity contribution in [1.82, 2.24) is 4.98 Å². The van der Waals surface area contributed by atoms with Gasteiger partial charge < -0.3 is 19.3 Å². The van der Waals surface area contributed by atoms with Crippen LogP contribution in [0.4, 0.5) is 10.8 Å². The van der Waals surface area contributed by atoms with Crippen molar-refractivity contribution in [3.63, 3.8) is 0 Å². The fourth-order valence-corrected chi connectivity index (χ4v) is 3.27. The molecule has 0 saturated heterocycles. The molecule has 0 amide bonds. The van der Waals surface area contributed by atoms with Crippen LogP contribution in [-0.2, 0) is 0 Å².